The summed E-state index contributed by atoms with van der Waals surface area (Å²) in [7, 11) is 0. The van der Waals surface area contributed by atoms with Gasteiger partial charge in [0.2, 0.25) is 0 Å². The summed E-state index contributed by atoms with van der Waals surface area (Å²) in [6.45, 7) is 11.2. The molecule has 6 nitrogen and oxygen atoms in total. The molecule has 0 saturated carbocycles. The molecule has 0 amide bonds. The fourth-order valence-electron chi connectivity index (χ4n) is 3.95. The number of halogens is 1. The highest BCUT2D eigenvalue weighted by Crippen LogP contribution is 2.33. The highest BCUT2D eigenvalue weighted by atomic mass is 35.5. The average molecular weight is 431 g/mol. The Labute approximate surface area is 184 Å². The third-order valence-corrected chi connectivity index (χ3v) is 5.94. The molecule has 0 bridgehead atoms. The highest BCUT2D eigenvalue weighted by molar-refractivity contribution is 6.35. The Balaban J connectivity index is 1.64. The van der Waals surface area contributed by atoms with Gasteiger partial charge in [-0.25, -0.2) is 9.97 Å². The van der Waals surface area contributed by atoms with E-state index in [2.05, 4.69) is 40.5 Å². The first-order valence-corrected chi connectivity index (χ1v) is 11.1. The van der Waals surface area contributed by atoms with Crippen molar-refractivity contribution in [2.24, 2.45) is 0 Å². The van der Waals surface area contributed by atoms with E-state index in [4.69, 9.17) is 16.3 Å². The lowest BCUT2D eigenvalue weighted by Crippen LogP contribution is -2.27. The second kappa shape index (κ2) is 10.1. The van der Waals surface area contributed by atoms with E-state index in [-0.39, 0.29) is 17.8 Å². The summed E-state index contributed by atoms with van der Waals surface area (Å²) in [5.41, 5.74) is 1.15. The van der Waals surface area contributed by atoms with Crippen molar-refractivity contribution in [1.82, 2.24) is 9.97 Å². The van der Waals surface area contributed by atoms with E-state index in [0.717, 1.165) is 55.5 Å². The molecule has 1 saturated heterocycles. The van der Waals surface area contributed by atoms with Crippen LogP contribution in [0, 0.1) is 0 Å². The van der Waals surface area contributed by atoms with Crippen LogP contribution in [0.2, 0.25) is 5.02 Å². The minimum atomic E-state index is 0.0772. The van der Waals surface area contributed by atoms with Crippen molar-refractivity contribution in [3.05, 3.63) is 41.2 Å². The van der Waals surface area contributed by atoms with Crippen LogP contribution in [0.4, 0.5) is 11.6 Å². The van der Waals surface area contributed by atoms with Gasteiger partial charge in [-0.2, -0.15) is 0 Å². The number of nitrogens with zero attached hydrogens (tertiary/aromatic N) is 4. The predicted molar refractivity (Wildman–Crippen MR) is 122 cm³/mol. The van der Waals surface area contributed by atoms with Gasteiger partial charge in [-0.3, -0.25) is 0 Å². The molecule has 1 aliphatic rings. The third-order valence-electron chi connectivity index (χ3n) is 5.61. The number of ether oxygens (including phenoxy) is 1. The van der Waals surface area contributed by atoms with Crippen molar-refractivity contribution in [2.45, 2.75) is 52.6 Å². The summed E-state index contributed by atoms with van der Waals surface area (Å²) >= 11 is 6.66. The van der Waals surface area contributed by atoms with E-state index < -0.39 is 0 Å². The van der Waals surface area contributed by atoms with E-state index in [9.17, 15) is 4.79 Å². The zero-order valence-corrected chi connectivity index (χ0v) is 19.0. The van der Waals surface area contributed by atoms with Gasteiger partial charge in [-0.05, 0) is 44.4 Å². The molecule has 1 fully saturated rings. The van der Waals surface area contributed by atoms with E-state index in [0.29, 0.717) is 11.4 Å². The Morgan fingerprint density at radius 1 is 1.27 bits per heavy atom. The number of carbonyl (C=O) groups excluding carboxylic acids is 1. The van der Waals surface area contributed by atoms with Crippen LogP contribution >= 0.6 is 11.6 Å². The molecule has 0 unspecified atom stereocenters. The second-order valence-electron chi connectivity index (χ2n) is 7.86. The first-order chi connectivity index (χ1) is 14.4. The van der Waals surface area contributed by atoms with Gasteiger partial charge in [0, 0.05) is 32.5 Å². The summed E-state index contributed by atoms with van der Waals surface area (Å²) in [6, 6.07) is 8.08. The molecule has 162 valence electrons. The van der Waals surface area contributed by atoms with Crippen LogP contribution in [0.25, 0.3) is 0 Å². The zero-order chi connectivity index (χ0) is 21.7. The van der Waals surface area contributed by atoms with Gasteiger partial charge < -0.3 is 19.3 Å². The quantitative estimate of drug-likeness (QED) is 0.573. The molecule has 0 N–H and O–H groups in total. The molecular weight excluding hydrogens is 400 g/mol. The molecule has 7 heteroatoms. The summed E-state index contributed by atoms with van der Waals surface area (Å²) in [5.74, 6) is 2.83. The first-order valence-electron chi connectivity index (χ1n) is 10.7. The van der Waals surface area contributed by atoms with Crippen LogP contribution in [-0.4, -0.2) is 48.0 Å². The lowest BCUT2D eigenvalue weighted by Gasteiger charge is -2.24. The number of carbonyl (C=O) groups is 1. The maximum atomic E-state index is 11.3. The number of Topliss-reactive ketones (excluding diaryl/α,β-unsaturated/α-hetero) is 1. The van der Waals surface area contributed by atoms with Crippen LogP contribution in [-0.2, 0) is 4.79 Å². The van der Waals surface area contributed by atoms with Crippen LogP contribution in [0.5, 0.6) is 5.75 Å². The Morgan fingerprint density at radius 3 is 2.60 bits per heavy atom. The Hall–Kier alpha value is -2.34. The standard InChI is InChI=1S/C23H31ClN4O2/c1-5-27(6-2)22-21(24)23(26-15-25-22)28-12-11-20(14-28)30-19-9-7-18(8-10-19)16(3)13-17(4)29/h7-10,15-16,20H,5-6,11-14H2,1-4H3/t16-,20-/m1/s1. The van der Waals surface area contributed by atoms with Crippen molar-refractivity contribution in [1.29, 1.82) is 0 Å². The molecule has 3 rings (SSSR count). The molecule has 2 atom stereocenters. The zero-order valence-electron chi connectivity index (χ0n) is 18.3. The monoisotopic (exact) mass is 430 g/mol. The van der Waals surface area contributed by atoms with Crippen LogP contribution < -0.4 is 14.5 Å². The lowest BCUT2D eigenvalue weighted by atomic mass is 9.96. The number of hydrogen-bond donors (Lipinski definition) is 0. The number of anilines is 2. The van der Waals surface area contributed by atoms with E-state index in [1.165, 1.54) is 0 Å². The first kappa shape index (κ1) is 22.3. The summed E-state index contributed by atoms with van der Waals surface area (Å²) in [5, 5.41) is 0.602. The van der Waals surface area contributed by atoms with Gasteiger partial charge in [0.25, 0.3) is 0 Å². The maximum absolute atomic E-state index is 11.3. The Kier molecular flexibility index (Phi) is 7.53. The van der Waals surface area contributed by atoms with Gasteiger partial charge in [0.1, 0.15) is 29.0 Å². The number of hydrogen-bond acceptors (Lipinski definition) is 6. The normalized spacial score (nSPS) is 17.1. The minimum Gasteiger partial charge on any atom is -0.489 e. The fourth-order valence-corrected chi connectivity index (χ4v) is 4.29. The number of benzene rings is 1. The van der Waals surface area contributed by atoms with Crippen molar-refractivity contribution < 1.29 is 9.53 Å². The van der Waals surface area contributed by atoms with Crippen LogP contribution in [0.1, 0.15) is 52.0 Å². The molecule has 0 radical (unpaired) electrons. The van der Waals surface area contributed by atoms with E-state index >= 15 is 0 Å². The van der Waals surface area contributed by atoms with E-state index in [1.54, 1.807) is 13.3 Å². The summed E-state index contributed by atoms with van der Waals surface area (Å²) < 4.78 is 6.20. The molecule has 1 aromatic heterocycles. The van der Waals surface area contributed by atoms with Crippen molar-refractivity contribution in [3.63, 3.8) is 0 Å². The topological polar surface area (TPSA) is 58.6 Å². The van der Waals surface area contributed by atoms with Crippen LogP contribution in [0.3, 0.4) is 0 Å². The molecule has 2 heterocycles. The van der Waals surface area contributed by atoms with Gasteiger partial charge in [0.15, 0.2) is 11.6 Å². The van der Waals surface area contributed by atoms with Gasteiger partial charge in [0.05, 0.1) is 6.54 Å². The summed E-state index contributed by atoms with van der Waals surface area (Å²) in [4.78, 5) is 24.5. The smallest absolute Gasteiger partial charge is 0.153 e. The van der Waals surface area contributed by atoms with Crippen molar-refractivity contribution in [3.8, 4) is 5.75 Å². The fraction of sp³-hybridized carbons (Fsp3) is 0.522. The molecule has 0 spiro atoms. The Morgan fingerprint density at radius 2 is 1.97 bits per heavy atom. The molecule has 1 aromatic carbocycles. The molecule has 0 aliphatic carbocycles. The molecular formula is C23H31ClN4O2. The van der Waals surface area contributed by atoms with Crippen molar-refractivity contribution >= 4 is 29.0 Å². The SMILES string of the molecule is CCN(CC)c1ncnc(N2CC[C@@H](Oc3ccc([C@H](C)CC(C)=O)cc3)C2)c1Cl. The molecule has 2 aromatic rings. The highest BCUT2D eigenvalue weighted by Gasteiger charge is 2.28. The van der Waals surface area contributed by atoms with Crippen molar-refractivity contribution in [2.75, 3.05) is 36.0 Å². The molecule has 30 heavy (non-hydrogen) atoms. The second-order valence-corrected chi connectivity index (χ2v) is 8.24. The van der Waals surface area contributed by atoms with Gasteiger partial charge in [-0.1, -0.05) is 30.7 Å². The number of ketones is 1. The maximum Gasteiger partial charge on any atom is 0.153 e. The minimum absolute atomic E-state index is 0.0772. The summed E-state index contributed by atoms with van der Waals surface area (Å²) in [6.07, 6.45) is 3.13. The largest absolute Gasteiger partial charge is 0.489 e. The van der Waals surface area contributed by atoms with Crippen LogP contribution in [0.15, 0.2) is 30.6 Å². The van der Waals surface area contributed by atoms with Gasteiger partial charge in [-0.15, -0.1) is 0 Å². The lowest BCUT2D eigenvalue weighted by molar-refractivity contribution is -0.117. The third kappa shape index (κ3) is 5.22. The number of aromatic nitrogens is 2. The Bertz CT molecular complexity index is 855. The average Bonchev–Trinajstić information content (AvgIpc) is 3.18. The van der Waals surface area contributed by atoms with E-state index in [1.807, 2.05) is 24.3 Å². The predicted octanol–water partition coefficient (Wildman–Crippen LogP) is 4.72. The van der Waals surface area contributed by atoms with Gasteiger partial charge >= 0.3 is 0 Å². The molecule has 1 aliphatic heterocycles. The number of rotatable bonds is 9.